The molecule has 3 aliphatic carbocycles. The van der Waals surface area contributed by atoms with Crippen molar-refractivity contribution in [3.8, 4) is 5.75 Å². The van der Waals surface area contributed by atoms with E-state index in [-0.39, 0.29) is 53.7 Å². The number of anilines is 1. The van der Waals surface area contributed by atoms with Crippen LogP contribution in [0, 0.1) is 23.6 Å². The summed E-state index contributed by atoms with van der Waals surface area (Å²) in [6.45, 7) is 1.04. The van der Waals surface area contributed by atoms with Crippen LogP contribution in [0.3, 0.4) is 0 Å². The lowest BCUT2D eigenvalue weighted by Crippen LogP contribution is -2.65. The van der Waals surface area contributed by atoms with Crippen LogP contribution in [0.15, 0.2) is 22.7 Å². The highest BCUT2D eigenvalue weighted by atomic mass is 19.1. The maximum absolute atomic E-state index is 16.4. The fourth-order valence-electron chi connectivity index (χ4n) is 7.85. The number of nitrogens with one attached hydrogen (secondary N) is 2. The maximum atomic E-state index is 16.4. The Balaban J connectivity index is 1.50. The number of aliphatic hydroxyl groups is 3. The Morgan fingerprint density at radius 3 is 2.58 bits per heavy atom. The SMILES string of the molecule is CN(C)CC(=O)N[C@@H]1C(O)=C(C(N)=O)C(=O)[C@@]2(O)C(O)=C3C(=O)c4c(O)c5c(c(F)c4C[C@H]3C[C@@H]12)C1C(CCN1C)CN5. The first kappa shape index (κ1) is 29.1. The van der Waals surface area contributed by atoms with Gasteiger partial charge in [-0.15, -0.1) is 0 Å². The molecule has 0 aromatic heterocycles. The highest BCUT2D eigenvalue weighted by Gasteiger charge is 2.63. The largest absolute Gasteiger partial charge is 0.509 e. The summed E-state index contributed by atoms with van der Waals surface area (Å²) in [6, 6.07) is -1.86. The molecule has 6 atom stereocenters. The molecule has 0 bridgehead atoms. The van der Waals surface area contributed by atoms with Gasteiger partial charge in [0.05, 0.1) is 23.8 Å². The molecule has 0 spiro atoms. The number of primary amides is 1. The number of nitrogens with two attached hydrogens (primary N) is 1. The molecule has 8 N–H and O–H groups in total. The average Bonchev–Trinajstić information content (AvgIpc) is 3.31. The number of phenols is 1. The van der Waals surface area contributed by atoms with Gasteiger partial charge in [-0.1, -0.05) is 0 Å². The molecule has 0 saturated carbocycles. The van der Waals surface area contributed by atoms with E-state index in [1.54, 1.807) is 14.1 Å². The first-order valence-corrected chi connectivity index (χ1v) is 14.1. The fraction of sp³-hybridized carbons (Fsp3) is 0.517. The van der Waals surface area contributed by atoms with Gasteiger partial charge in [-0.3, -0.25) is 24.1 Å². The van der Waals surface area contributed by atoms with Crippen LogP contribution in [0.1, 0.15) is 40.4 Å². The van der Waals surface area contributed by atoms with Crippen molar-refractivity contribution in [2.45, 2.75) is 36.9 Å². The number of allylic oxidation sites excluding steroid dienone is 1. The molecule has 1 fully saturated rings. The number of benzene rings is 1. The number of likely N-dealkylation sites (N-methyl/N-ethyl adjacent to an activating group) is 1. The van der Waals surface area contributed by atoms with E-state index in [2.05, 4.69) is 10.6 Å². The minimum Gasteiger partial charge on any atom is -0.509 e. The van der Waals surface area contributed by atoms with Gasteiger partial charge in [0, 0.05) is 35.2 Å². The van der Waals surface area contributed by atoms with E-state index >= 15 is 4.39 Å². The van der Waals surface area contributed by atoms with Crippen LogP contribution in [-0.4, -0.2) is 106 Å². The number of hydrogen-bond donors (Lipinski definition) is 7. The molecule has 0 radical (unpaired) electrons. The van der Waals surface area contributed by atoms with Gasteiger partial charge in [0.2, 0.25) is 11.7 Å². The monoisotopic (exact) mass is 599 g/mol. The van der Waals surface area contributed by atoms with E-state index in [0.717, 1.165) is 13.0 Å². The highest BCUT2D eigenvalue weighted by molar-refractivity contribution is 6.25. The van der Waals surface area contributed by atoms with Crippen LogP contribution in [0.25, 0.3) is 0 Å². The summed E-state index contributed by atoms with van der Waals surface area (Å²) in [5.74, 6) is -9.86. The Kier molecular flexibility index (Phi) is 6.60. The van der Waals surface area contributed by atoms with Crippen molar-refractivity contribution in [2.75, 3.05) is 46.1 Å². The van der Waals surface area contributed by atoms with E-state index in [4.69, 9.17) is 5.73 Å². The van der Waals surface area contributed by atoms with Crippen LogP contribution in [0.4, 0.5) is 10.1 Å². The number of amides is 2. The second-order valence-corrected chi connectivity index (χ2v) is 12.5. The molecule has 5 aliphatic rings. The molecule has 2 amide bonds. The van der Waals surface area contributed by atoms with Gasteiger partial charge in [0.15, 0.2) is 17.1 Å². The molecule has 1 aromatic carbocycles. The minimum atomic E-state index is -2.92. The van der Waals surface area contributed by atoms with E-state index in [9.17, 15) is 39.6 Å². The number of rotatable bonds is 4. The van der Waals surface area contributed by atoms with E-state index < -0.39 is 81.1 Å². The Morgan fingerprint density at radius 1 is 1.23 bits per heavy atom. The lowest BCUT2D eigenvalue weighted by Gasteiger charge is -2.48. The predicted molar refractivity (Wildman–Crippen MR) is 149 cm³/mol. The minimum absolute atomic E-state index is 0.0519. The van der Waals surface area contributed by atoms with Crippen LogP contribution >= 0.6 is 0 Å². The van der Waals surface area contributed by atoms with Gasteiger partial charge in [-0.05, 0) is 58.8 Å². The zero-order valence-corrected chi connectivity index (χ0v) is 23.9. The van der Waals surface area contributed by atoms with Crippen molar-refractivity contribution in [3.05, 3.63) is 45.2 Å². The zero-order chi connectivity index (χ0) is 31.3. The first-order chi connectivity index (χ1) is 20.2. The number of Topliss-reactive ketones (excluding diaryl/α,β-unsaturated/α-hetero) is 2. The number of carbonyl (C=O) groups excluding carboxylic acids is 4. The third kappa shape index (κ3) is 3.92. The van der Waals surface area contributed by atoms with Crippen LogP contribution in [-0.2, 0) is 20.8 Å². The van der Waals surface area contributed by atoms with Crippen molar-refractivity contribution in [1.82, 2.24) is 15.1 Å². The normalized spacial score (nSPS) is 31.6. The molecule has 2 unspecified atom stereocenters. The topological polar surface area (TPSA) is 206 Å². The molecule has 1 aromatic rings. The number of ketones is 2. The summed E-state index contributed by atoms with van der Waals surface area (Å²) in [6.07, 6.45) is 0.380. The average molecular weight is 600 g/mol. The lowest BCUT2D eigenvalue weighted by molar-refractivity contribution is -0.147. The van der Waals surface area contributed by atoms with Gasteiger partial charge in [0.1, 0.15) is 22.9 Å². The quantitative estimate of drug-likeness (QED) is 0.178. The number of aliphatic hydroxyl groups excluding tert-OH is 2. The molecule has 43 heavy (non-hydrogen) atoms. The first-order valence-electron chi connectivity index (χ1n) is 14.1. The molecule has 6 rings (SSSR count). The molecule has 230 valence electrons. The van der Waals surface area contributed by atoms with E-state index in [1.807, 2.05) is 11.9 Å². The number of hydrogen-bond acceptors (Lipinski definition) is 11. The summed E-state index contributed by atoms with van der Waals surface area (Å²) in [7, 11) is 5.09. The molecule has 2 aliphatic heterocycles. The zero-order valence-electron chi connectivity index (χ0n) is 23.9. The number of carbonyl (C=O) groups is 4. The van der Waals surface area contributed by atoms with Gasteiger partial charge in [0.25, 0.3) is 5.91 Å². The standard InChI is InChI=1S/C29H34FN5O8/c1-34(2)9-14(36)33-20-13-7-11-6-12-16(24(38)21-17(19(12)30)22-10(8-32-21)4-5-35(22)3)23(37)15(11)26(40)29(13,43)27(41)18(25(20)39)28(31)42/h10-11,13,20,22,32,38-40,43H,4-9H2,1-3H3,(H2,31,42)(H,33,36)/t10?,11-,13-,20-,22?,29-/m0/s1. The molecular formula is C29H34FN5O8. The summed E-state index contributed by atoms with van der Waals surface area (Å²) >= 11 is 0. The Labute approximate surface area is 245 Å². The van der Waals surface area contributed by atoms with Crippen molar-refractivity contribution in [2.24, 2.45) is 23.5 Å². The maximum Gasteiger partial charge on any atom is 0.255 e. The number of nitrogens with zero attached hydrogens (tertiary/aromatic N) is 2. The number of fused-ring (bicyclic) bond motifs is 6. The summed E-state index contributed by atoms with van der Waals surface area (Å²) < 4.78 is 16.4. The Hall–Kier alpha value is -4.01. The second kappa shape index (κ2) is 9.76. The highest BCUT2D eigenvalue weighted by Crippen LogP contribution is 2.55. The van der Waals surface area contributed by atoms with Gasteiger partial charge in [-0.2, -0.15) is 0 Å². The molecule has 14 heteroatoms. The molecule has 13 nitrogen and oxygen atoms in total. The fourth-order valence-corrected chi connectivity index (χ4v) is 7.85. The third-order valence-corrected chi connectivity index (χ3v) is 9.73. The van der Waals surface area contributed by atoms with Crippen molar-refractivity contribution < 1.29 is 44.0 Å². The number of phenolic OH excluding ortho intramolecular Hbond substituents is 1. The van der Waals surface area contributed by atoms with E-state index in [1.165, 1.54) is 4.90 Å². The van der Waals surface area contributed by atoms with Gasteiger partial charge >= 0.3 is 0 Å². The lowest BCUT2D eigenvalue weighted by atomic mass is 9.58. The van der Waals surface area contributed by atoms with Crippen LogP contribution in [0.2, 0.25) is 0 Å². The van der Waals surface area contributed by atoms with E-state index in [0.29, 0.717) is 6.54 Å². The molecule has 1 saturated heterocycles. The molecule has 2 heterocycles. The summed E-state index contributed by atoms with van der Waals surface area (Å²) in [5.41, 5.74) is 0.919. The second-order valence-electron chi connectivity index (χ2n) is 12.5. The summed E-state index contributed by atoms with van der Waals surface area (Å²) in [5, 5.41) is 51.1. The number of likely N-dealkylation sites (tertiary alicyclic amines) is 1. The van der Waals surface area contributed by atoms with Crippen LogP contribution in [0.5, 0.6) is 5.75 Å². The van der Waals surface area contributed by atoms with Gasteiger partial charge < -0.3 is 41.7 Å². The molecular weight excluding hydrogens is 565 g/mol. The summed E-state index contributed by atoms with van der Waals surface area (Å²) in [4.78, 5) is 56.0. The predicted octanol–water partition coefficient (Wildman–Crippen LogP) is -0.206. The number of halogens is 1. The van der Waals surface area contributed by atoms with Gasteiger partial charge in [-0.25, -0.2) is 4.39 Å². The Bertz CT molecular complexity index is 1570. The number of aromatic hydroxyl groups is 1. The van der Waals surface area contributed by atoms with Crippen molar-refractivity contribution >= 4 is 29.1 Å². The Morgan fingerprint density at radius 2 is 1.93 bits per heavy atom. The van der Waals surface area contributed by atoms with Crippen molar-refractivity contribution in [3.63, 3.8) is 0 Å². The third-order valence-electron chi connectivity index (χ3n) is 9.73. The smallest absolute Gasteiger partial charge is 0.255 e. The van der Waals surface area contributed by atoms with Crippen molar-refractivity contribution in [1.29, 1.82) is 0 Å². The van der Waals surface area contributed by atoms with Crippen LogP contribution < -0.4 is 16.4 Å².